The molecule has 3 aromatic carbocycles. The maximum Gasteiger partial charge on any atom is 0.0387 e. The fourth-order valence-electron chi connectivity index (χ4n) is 2.61. The summed E-state index contributed by atoms with van der Waals surface area (Å²) in [6.07, 6.45) is 1.75. The molecule has 3 aromatic rings. The molecule has 1 nitrogen and oxygen atoms in total. The van der Waals surface area contributed by atoms with Gasteiger partial charge in [0.2, 0.25) is 0 Å². The molecule has 0 unspecified atom stereocenters. The molecule has 0 heterocycles. The van der Waals surface area contributed by atoms with E-state index in [0.717, 1.165) is 11.4 Å². The van der Waals surface area contributed by atoms with Crippen molar-refractivity contribution in [2.75, 3.05) is 5.32 Å². The molecule has 0 atom stereocenters. The van der Waals surface area contributed by atoms with Gasteiger partial charge in [-0.05, 0) is 67.3 Å². The maximum absolute atomic E-state index is 3.44. The number of benzene rings is 3. The number of aryl methyl sites for hydroxylation is 2. The minimum atomic E-state index is 1.11. The van der Waals surface area contributed by atoms with Crippen molar-refractivity contribution in [3.05, 3.63) is 96.6 Å². The molecule has 0 saturated heterocycles. The van der Waals surface area contributed by atoms with E-state index in [0.29, 0.717) is 0 Å². The first-order chi connectivity index (χ1) is 11.7. The van der Waals surface area contributed by atoms with Crippen LogP contribution in [0.15, 0.2) is 85.5 Å². The monoisotopic (exact) mass is 315 g/mol. The van der Waals surface area contributed by atoms with Crippen LogP contribution in [0.25, 0.3) is 11.1 Å². The molecule has 0 aliphatic rings. The van der Waals surface area contributed by atoms with Crippen LogP contribution in [0.3, 0.4) is 0 Å². The molecule has 1 N–H and O–H groups in total. The molecule has 24 heavy (non-hydrogen) atoms. The largest absolute Gasteiger partial charge is 0.356 e. The predicted molar refractivity (Wildman–Crippen MR) is 107 cm³/mol. The number of hydrogen-bond acceptors (Lipinski definition) is 1. The SMILES string of the molecule is C=CC.Cc1ccccc1-c1ccc(Nc2ccccc2)cc1C. The minimum absolute atomic E-state index is 1.11. The Kier molecular flexibility index (Phi) is 6.39. The van der Waals surface area contributed by atoms with E-state index in [1.807, 2.05) is 25.1 Å². The van der Waals surface area contributed by atoms with Gasteiger partial charge >= 0.3 is 0 Å². The van der Waals surface area contributed by atoms with Crippen LogP contribution < -0.4 is 5.32 Å². The summed E-state index contributed by atoms with van der Waals surface area (Å²) in [6, 6.07) is 25.3. The molecule has 122 valence electrons. The van der Waals surface area contributed by atoms with Crippen molar-refractivity contribution in [3.8, 4) is 11.1 Å². The van der Waals surface area contributed by atoms with Crippen LogP contribution in [0.2, 0.25) is 0 Å². The summed E-state index contributed by atoms with van der Waals surface area (Å²) in [5, 5.41) is 3.44. The average molecular weight is 315 g/mol. The topological polar surface area (TPSA) is 12.0 Å². The van der Waals surface area contributed by atoms with Crippen molar-refractivity contribution in [1.82, 2.24) is 0 Å². The predicted octanol–water partition coefficient (Wildman–Crippen LogP) is 6.91. The van der Waals surface area contributed by atoms with Crippen molar-refractivity contribution in [1.29, 1.82) is 0 Å². The van der Waals surface area contributed by atoms with E-state index in [1.54, 1.807) is 6.08 Å². The van der Waals surface area contributed by atoms with Crippen LogP contribution in [-0.4, -0.2) is 0 Å². The van der Waals surface area contributed by atoms with Crippen molar-refractivity contribution in [3.63, 3.8) is 0 Å². The van der Waals surface area contributed by atoms with Crippen LogP contribution in [-0.2, 0) is 0 Å². The molecule has 0 aliphatic carbocycles. The molecular formula is C23H25N. The third-order valence-corrected chi connectivity index (χ3v) is 3.72. The Morgan fingerprint density at radius 1 is 0.708 bits per heavy atom. The summed E-state index contributed by atoms with van der Waals surface area (Å²) in [7, 11) is 0. The lowest BCUT2D eigenvalue weighted by Gasteiger charge is -2.12. The zero-order chi connectivity index (χ0) is 17.4. The highest BCUT2D eigenvalue weighted by atomic mass is 14.9. The molecule has 0 fully saturated rings. The van der Waals surface area contributed by atoms with Gasteiger partial charge in [-0.25, -0.2) is 0 Å². The van der Waals surface area contributed by atoms with E-state index in [-0.39, 0.29) is 0 Å². The molecule has 0 radical (unpaired) electrons. The van der Waals surface area contributed by atoms with Crippen molar-refractivity contribution in [2.45, 2.75) is 20.8 Å². The Morgan fingerprint density at radius 3 is 1.92 bits per heavy atom. The van der Waals surface area contributed by atoms with Crippen LogP contribution in [0, 0.1) is 13.8 Å². The van der Waals surface area contributed by atoms with Gasteiger partial charge < -0.3 is 5.32 Å². The van der Waals surface area contributed by atoms with Gasteiger partial charge in [0.05, 0.1) is 0 Å². The molecule has 0 spiro atoms. The second-order valence-corrected chi connectivity index (χ2v) is 5.74. The highest BCUT2D eigenvalue weighted by Gasteiger charge is 2.05. The lowest BCUT2D eigenvalue weighted by molar-refractivity contribution is 1.40. The zero-order valence-electron chi connectivity index (χ0n) is 14.7. The number of allylic oxidation sites excluding steroid dienone is 1. The summed E-state index contributed by atoms with van der Waals surface area (Å²) >= 11 is 0. The van der Waals surface area contributed by atoms with Crippen LogP contribution in [0.1, 0.15) is 18.1 Å². The molecule has 0 aromatic heterocycles. The van der Waals surface area contributed by atoms with Gasteiger partial charge in [0.1, 0.15) is 0 Å². The Bertz CT molecular complexity index is 788. The minimum Gasteiger partial charge on any atom is -0.356 e. The van der Waals surface area contributed by atoms with E-state index >= 15 is 0 Å². The number of para-hydroxylation sites is 1. The standard InChI is InChI=1S/C20H19N.C3H6/c1-15-8-6-7-11-19(15)20-13-12-18(14-16(20)2)21-17-9-4-3-5-10-17;1-3-2/h3-14,21H,1-2H3;3H,1H2,2H3. The van der Waals surface area contributed by atoms with Crippen LogP contribution in [0.4, 0.5) is 11.4 Å². The lowest BCUT2D eigenvalue weighted by Crippen LogP contribution is -1.92. The van der Waals surface area contributed by atoms with Gasteiger partial charge in [0.15, 0.2) is 0 Å². The molecule has 0 bridgehead atoms. The highest BCUT2D eigenvalue weighted by Crippen LogP contribution is 2.29. The summed E-state index contributed by atoms with van der Waals surface area (Å²) < 4.78 is 0. The maximum atomic E-state index is 3.44. The number of nitrogens with one attached hydrogen (secondary N) is 1. The molecule has 0 amide bonds. The van der Waals surface area contributed by atoms with E-state index in [1.165, 1.54) is 22.3 Å². The first kappa shape index (κ1) is 17.6. The van der Waals surface area contributed by atoms with Crippen molar-refractivity contribution < 1.29 is 0 Å². The summed E-state index contributed by atoms with van der Waals surface area (Å²) in [6.45, 7) is 9.57. The zero-order valence-corrected chi connectivity index (χ0v) is 14.7. The lowest BCUT2D eigenvalue weighted by atomic mass is 9.96. The van der Waals surface area contributed by atoms with Gasteiger partial charge in [-0.1, -0.05) is 54.6 Å². The van der Waals surface area contributed by atoms with Gasteiger partial charge in [-0.15, -0.1) is 6.58 Å². The van der Waals surface area contributed by atoms with E-state index in [9.17, 15) is 0 Å². The first-order valence-electron chi connectivity index (χ1n) is 8.21. The molecule has 0 saturated carbocycles. The Morgan fingerprint density at radius 2 is 1.29 bits per heavy atom. The Hall–Kier alpha value is -2.80. The van der Waals surface area contributed by atoms with E-state index in [4.69, 9.17) is 0 Å². The third kappa shape index (κ3) is 4.60. The molecule has 0 aliphatic heterocycles. The normalized spacial score (nSPS) is 9.62. The van der Waals surface area contributed by atoms with Gasteiger partial charge in [-0.3, -0.25) is 0 Å². The van der Waals surface area contributed by atoms with Gasteiger partial charge in [-0.2, -0.15) is 0 Å². The summed E-state index contributed by atoms with van der Waals surface area (Å²) in [5.41, 5.74) is 7.43. The van der Waals surface area contributed by atoms with Crippen molar-refractivity contribution >= 4 is 11.4 Å². The second-order valence-electron chi connectivity index (χ2n) is 5.74. The third-order valence-electron chi connectivity index (χ3n) is 3.72. The van der Waals surface area contributed by atoms with Gasteiger partial charge in [0, 0.05) is 11.4 Å². The van der Waals surface area contributed by atoms with Crippen LogP contribution >= 0.6 is 0 Å². The van der Waals surface area contributed by atoms with Crippen LogP contribution in [0.5, 0.6) is 0 Å². The quantitative estimate of drug-likeness (QED) is 0.518. The fraction of sp³-hybridized carbons (Fsp3) is 0.130. The number of rotatable bonds is 3. The average Bonchev–Trinajstić information content (AvgIpc) is 2.58. The molecular weight excluding hydrogens is 290 g/mol. The first-order valence-corrected chi connectivity index (χ1v) is 8.21. The second kappa shape index (κ2) is 8.73. The highest BCUT2D eigenvalue weighted by molar-refractivity contribution is 5.73. The summed E-state index contributed by atoms with van der Waals surface area (Å²) in [5.74, 6) is 0. The van der Waals surface area contributed by atoms with Crippen molar-refractivity contribution in [2.24, 2.45) is 0 Å². The summed E-state index contributed by atoms with van der Waals surface area (Å²) in [4.78, 5) is 0. The number of hydrogen-bond donors (Lipinski definition) is 1. The number of anilines is 2. The molecule has 3 rings (SSSR count). The van der Waals surface area contributed by atoms with E-state index in [2.05, 4.69) is 80.3 Å². The smallest absolute Gasteiger partial charge is 0.0387 e. The Labute approximate surface area is 145 Å². The molecule has 1 heteroatoms. The fourth-order valence-corrected chi connectivity index (χ4v) is 2.61. The van der Waals surface area contributed by atoms with E-state index < -0.39 is 0 Å². The Balaban J connectivity index is 0.000000647. The van der Waals surface area contributed by atoms with Gasteiger partial charge in [0.25, 0.3) is 0 Å².